The molecule has 2 N–H and O–H groups in total. The smallest absolute Gasteiger partial charge is 0.410 e. The molecule has 6 rings (SSSR count). The van der Waals surface area contributed by atoms with E-state index in [1.54, 1.807) is 4.90 Å². The molecule has 3 fully saturated rings. The maximum Gasteiger partial charge on any atom is 0.410 e. The lowest BCUT2D eigenvalue weighted by Crippen LogP contribution is -2.63. The summed E-state index contributed by atoms with van der Waals surface area (Å²) in [4.78, 5) is 82.9. The molecule has 6 atom stereocenters. The number of aliphatic hydroxyl groups is 2. The highest BCUT2D eigenvalue weighted by molar-refractivity contribution is 8.03. The van der Waals surface area contributed by atoms with Gasteiger partial charge in [-0.05, 0) is 48.7 Å². The van der Waals surface area contributed by atoms with Crippen molar-refractivity contribution in [1.82, 2.24) is 19.6 Å². The highest BCUT2D eigenvalue weighted by Gasteiger charge is 2.60. The number of esters is 1. The second kappa shape index (κ2) is 16.7. The van der Waals surface area contributed by atoms with Gasteiger partial charge in [-0.1, -0.05) is 6.92 Å². The summed E-state index contributed by atoms with van der Waals surface area (Å²) < 4.78 is 11.2. The van der Waals surface area contributed by atoms with Gasteiger partial charge in [-0.3, -0.25) is 39.6 Å². The van der Waals surface area contributed by atoms with E-state index in [1.165, 1.54) is 77.0 Å². The number of piperazine rings is 1. The van der Waals surface area contributed by atoms with Gasteiger partial charge in [-0.2, -0.15) is 0 Å². The van der Waals surface area contributed by atoms with Gasteiger partial charge in [-0.15, -0.1) is 11.8 Å². The molecule has 3 amide bonds. The summed E-state index contributed by atoms with van der Waals surface area (Å²) in [6, 6.07) is 9.63. The van der Waals surface area contributed by atoms with E-state index in [4.69, 9.17) is 9.47 Å². The fraction of sp³-hybridized carbons (Fsp3) is 0.500. The summed E-state index contributed by atoms with van der Waals surface area (Å²) in [7, 11) is 0. The Kier molecular flexibility index (Phi) is 12.0. The van der Waals surface area contributed by atoms with Crippen LogP contribution in [0.4, 0.5) is 16.2 Å². The van der Waals surface area contributed by atoms with Gasteiger partial charge in [0.15, 0.2) is 0 Å². The number of nitro groups is 2. The zero-order valence-corrected chi connectivity index (χ0v) is 31.0. The number of thioether (sulfide) groups is 1. The van der Waals surface area contributed by atoms with Crippen molar-refractivity contribution in [3.8, 4) is 0 Å². The van der Waals surface area contributed by atoms with Crippen LogP contribution in [0.1, 0.15) is 31.4 Å². The van der Waals surface area contributed by atoms with Crippen LogP contribution in [0.5, 0.6) is 0 Å². The van der Waals surface area contributed by atoms with Gasteiger partial charge in [0, 0.05) is 79.6 Å². The Hall–Kier alpha value is -5.11. The van der Waals surface area contributed by atoms with Crippen LogP contribution in [-0.2, 0) is 37.1 Å². The summed E-state index contributed by atoms with van der Waals surface area (Å²) in [5, 5.41) is 41.5. The maximum atomic E-state index is 14.1. The maximum absolute atomic E-state index is 14.1. The predicted molar refractivity (Wildman–Crippen MR) is 195 cm³/mol. The topological polar surface area (TPSA) is 226 Å². The molecule has 4 aliphatic heterocycles. The first-order chi connectivity index (χ1) is 26.3. The second-order valence-electron chi connectivity index (χ2n) is 14.0. The Bertz CT molecular complexity index is 1850. The van der Waals surface area contributed by atoms with Gasteiger partial charge >= 0.3 is 12.1 Å². The summed E-state index contributed by atoms with van der Waals surface area (Å²) in [6.45, 7) is 5.36. The summed E-state index contributed by atoms with van der Waals surface area (Å²) in [5.74, 6) is -2.65. The molecule has 4 aliphatic rings. The number of nitro benzene ring substituents is 2. The average Bonchev–Trinajstić information content (AvgIpc) is 3.70. The van der Waals surface area contributed by atoms with Crippen molar-refractivity contribution in [3.63, 3.8) is 0 Å². The van der Waals surface area contributed by atoms with E-state index in [1.807, 2.05) is 11.8 Å². The quantitative estimate of drug-likeness (QED) is 0.129. The molecular formula is C36H42N6O12S. The molecule has 0 saturated carbocycles. The number of non-ortho nitro benzene ring substituents is 2. The first-order valence-corrected chi connectivity index (χ1v) is 18.8. The van der Waals surface area contributed by atoms with Crippen molar-refractivity contribution in [2.45, 2.75) is 56.9 Å². The minimum atomic E-state index is -0.981. The number of rotatable bonds is 13. The molecule has 4 heterocycles. The zero-order valence-electron chi connectivity index (χ0n) is 30.2. The average molecular weight is 783 g/mol. The summed E-state index contributed by atoms with van der Waals surface area (Å²) in [6.07, 6.45) is -1.54. The van der Waals surface area contributed by atoms with Crippen molar-refractivity contribution in [2.24, 2.45) is 11.8 Å². The number of benzene rings is 2. The largest absolute Gasteiger partial charge is 0.456 e. The Balaban J connectivity index is 1.22. The minimum absolute atomic E-state index is 0.00739. The number of aliphatic hydroxyl groups excluding tert-OH is 2. The number of ether oxygens (including phenoxy) is 2. The predicted octanol–water partition coefficient (Wildman–Crippen LogP) is 2.26. The van der Waals surface area contributed by atoms with Crippen molar-refractivity contribution in [3.05, 3.63) is 90.5 Å². The second-order valence-corrected chi connectivity index (χ2v) is 15.3. The zero-order chi connectivity index (χ0) is 39.6. The Labute approximate surface area is 319 Å². The van der Waals surface area contributed by atoms with E-state index in [0.29, 0.717) is 48.8 Å². The molecule has 294 valence electrons. The number of β-lactam (4-membered cyclic amide) rings is 1. The third-order valence-corrected chi connectivity index (χ3v) is 12.0. The van der Waals surface area contributed by atoms with Crippen LogP contribution in [0.15, 0.2) is 59.1 Å². The van der Waals surface area contributed by atoms with E-state index in [9.17, 15) is 49.6 Å². The van der Waals surface area contributed by atoms with Gasteiger partial charge in [0.25, 0.3) is 11.4 Å². The Morgan fingerprint density at radius 1 is 0.927 bits per heavy atom. The fourth-order valence-corrected chi connectivity index (χ4v) is 9.10. The van der Waals surface area contributed by atoms with Crippen LogP contribution in [0.2, 0.25) is 0 Å². The highest BCUT2D eigenvalue weighted by Crippen LogP contribution is 2.52. The molecule has 0 spiro atoms. The Morgan fingerprint density at radius 3 is 2.02 bits per heavy atom. The van der Waals surface area contributed by atoms with Crippen LogP contribution < -0.4 is 0 Å². The van der Waals surface area contributed by atoms with Gasteiger partial charge in [0.1, 0.15) is 25.0 Å². The lowest BCUT2D eigenvalue weighted by atomic mass is 9.79. The van der Waals surface area contributed by atoms with Crippen molar-refractivity contribution in [1.29, 1.82) is 0 Å². The molecule has 0 bridgehead atoms. The Morgan fingerprint density at radius 2 is 1.49 bits per heavy atom. The van der Waals surface area contributed by atoms with Crippen molar-refractivity contribution < 1.29 is 48.7 Å². The molecule has 18 nitrogen and oxygen atoms in total. The number of carbonyl (C=O) groups is 4. The van der Waals surface area contributed by atoms with Crippen molar-refractivity contribution in [2.75, 3.05) is 45.9 Å². The fourth-order valence-electron chi connectivity index (χ4n) is 7.58. The first-order valence-electron chi connectivity index (χ1n) is 17.9. The number of hydrogen-bond donors (Lipinski definition) is 2. The lowest BCUT2D eigenvalue weighted by molar-refractivity contribution is -0.385. The van der Waals surface area contributed by atoms with Crippen LogP contribution >= 0.6 is 11.8 Å². The van der Waals surface area contributed by atoms with Gasteiger partial charge in [0.2, 0.25) is 11.8 Å². The van der Waals surface area contributed by atoms with Gasteiger partial charge < -0.3 is 29.5 Å². The normalized spacial score (nSPS) is 24.3. The molecule has 0 aliphatic carbocycles. The standard InChI is InChI=1S/C36H42N6O12S/c1-21-30-29(22(2)44)34(46)40(30)31(35(47)53-19-23-3-7-25(8-4-23)41(49)50)32(21)55-27-17-28(33(45)38-13-11-37(12-14-38)15-16-43)39(18-27)36(48)54-20-24-5-9-26(10-6-24)42(51)52/h3-10,21-22,27-30,43-44H,11-20H2,1-2H3/t21-,22-,27+,28+,29-,30-/m1/s1. The van der Waals surface area contributed by atoms with Crippen LogP contribution in [0.25, 0.3) is 0 Å². The molecule has 55 heavy (non-hydrogen) atoms. The minimum Gasteiger partial charge on any atom is -0.456 e. The number of amides is 3. The molecule has 0 radical (unpaired) electrons. The third-order valence-electron chi connectivity index (χ3n) is 10.5. The number of nitrogens with zero attached hydrogens (tertiary/aromatic N) is 6. The number of hydrogen-bond acceptors (Lipinski definition) is 14. The van der Waals surface area contributed by atoms with Gasteiger partial charge in [-0.25, -0.2) is 9.59 Å². The van der Waals surface area contributed by atoms with Crippen molar-refractivity contribution >= 4 is 47.0 Å². The molecule has 0 unspecified atom stereocenters. The molecule has 19 heteroatoms. The van der Waals surface area contributed by atoms with Crippen LogP contribution in [0, 0.1) is 32.1 Å². The van der Waals surface area contributed by atoms with Crippen LogP contribution in [0.3, 0.4) is 0 Å². The molecular weight excluding hydrogens is 740 g/mol. The van der Waals surface area contributed by atoms with Crippen LogP contribution in [-0.4, -0.2) is 133 Å². The SMILES string of the molecule is C[C@@H](O)[C@H]1C(=O)N2C(C(=O)OCc3ccc([N+](=O)[O-])cc3)=C(S[C@H]3C[C@@H](C(=O)N4CCN(CCO)CC4)N(C(=O)OCc4ccc([N+](=O)[O-])cc4)C3)[C@H](C)[C@H]12. The molecule has 2 aromatic rings. The monoisotopic (exact) mass is 782 g/mol. The number of likely N-dealkylation sites (tertiary alicyclic amines) is 1. The van der Waals surface area contributed by atoms with E-state index in [0.717, 1.165) is 0 Å². The molecule has 0 aromatic heterocycles. The summed E-state index contributed by atoms with van der Waals surface area (Å²) in [5.41, 5.74) is 0.783. The molecule has 3 saturated heterocycles. The highest BCUT2D eigenvalue weighted by atomic mass is 32.2. The number of carbonyl (C=O) groups excluding carboxylic acids is 4. The van der Waals surface area contributed by atoms with Gasteiger partial charge in [0.05, 0.1) is 34.5 Å². The van der Waals surface area contributed by atoms with E-state index in [-0.39, 0.29) is 55.8 Å². The number of fused-ring (bicyclic) bond motifs is 1. The first kappa shape index (κ1) is 39.6. The molecule has 2 aromatic carbocycles. The van der Waals surface area contributed by atoms with E-state index >= 15 is 0 Å². The summed E-state index contributed by atoms with van der Waals surface area (Å²) >= 11 is 1.27. The van der Waals surface area contributed by atoms with E-state index in [2.05, 4.69) is 0 Å². The van der Waals surface area contributed by atoms with E-state index < -0.39 is 63.1 Å². The number of β-amino-alcohol motifs (C(OH)–C–C–N with tert-alkyl or cyclic N) is 1. The third kappa shape index (κ3) is 8.29. The lowest BCUT2D eigenvalue weighted by Gasteiger charge is -2.46.